The molecule has 2 rings (SSSR count). The Kier molecular flexibility index (Phi) is 6.68. The van der Waals surface area contributed by atoms with Crippen LogP contribution in [0.2, 0.25) is 0 Å². The molecule has 1 aromatic carbocycles. The van der Waals surface area contributed by atoms with Gasteiger partial charge in [-0.1, -0.05) is 50.1 Å². The Bertz CT molecular complexity index is 554. The minimum atomic E-state index is 0.794. The van der Waals surface area contributed by atoms with Crippen LogP contribution >= 0.6 is 0 Å². The van der Waals surface area contributed by atoms with Crippen molar-refractivity contribution in [3.63, 3.8) is 0 Å². The lowest BCUT2D eigenvalue weighted by molar-refractivity contribution is 0.742. The Balaban J connectivity index is 1.83. The van der Waals surface area contributed by atoms with Gasteiger partial charge in [0.15, 0.2) is 0 Å². The highest BCUT2D eigenvalue weighted by molar-refractivity contribution is 5.47. The second-order valence-electron chi connectivity index (χ2n) is 5.48. The third-order valence-electron chi connectivity index (χ3n) is 3.49. The fourth-order valence-corrected chi connectivity index (χ4v) is 2.32. The number of nitrogens with zero attached hydrogens (tertiary/aromatic N) is 2. The van der Waals surface area contributed by atoms with Crippen molar-refractivity contribution in [3.8, 4) is 0 Å². The minimum Gasteiger partial charge on any atom is -0.370 e. The first kappa shape index (κ1) is 16.3. The molecule has 0 aliphatic heterocycles. The van der Waals surface area contributed by atoms with Crippen LogP contribution in [0.15, 0.2) is 36.4 Å². The fourth-order valence-electron chi connectivity index (χ4n) is 2.32. The molecule has 0 aliphatic rings. The van der Waals surface area contributed by atoms with Crippen LogP contribution in [0.1, 0.15) is 37.6 Å². The molecule has 0 saturated carbocycles. The van der Waals surface area contributed by atoms with Crippen molar-refractivity contribution >= 4 is 11.6 Å². The Hall–Kier alpha value is -2.10. The summed E-state index contributed by atoms with van der Waals surface area (Å²) < 4.78 is 0. The zero-order chi connectivity index (χ0) is 15.6. The van der Waals surface area contributed by atoms with E-state index in [-0.39, 0.29) is 0 Å². The summed E-state index contributed by atoms with van der Waals surface area (Å²) in [5, 5.41) is 6.76. The van der Waals surface area contributed by atoms with Crippen LogP contribution in [0.4, 0.5) is 11.6 Å². The summed E-state index contributed by atoms with van der Waals surface area (Å²) in [5.41, 5.74) is 1.33. The first-order valence-corrected chi connectivity index (χ1v) is 8.15. The highest BCUT2D eigenvalue weighted by atomic mass is 15.1. The highest BCUT2D eigenvalue weighted by Crippen LogP contribution is 2.11. The smallest absolute Gasteiger partial charge is 0.131 e. The molecule has 118 valence electrons. The Morgan fingerprint density at radius 1 is 0.909 bits per heavy atom. The summed E-state index contributed by atoms with van der Waals surface area (Å²) in [5.74, 6) is 2.59. The van der Waals surface area contributed by atoms with Crippen molar-refractivity contribution < 1.29 is 0 Å². The van der Waals surface area contributed by atoms with E-state index in [1.165, 1.54) is 24.8 Å². The molecule has 4 nitrogen and oxygen atoms in total. The van der Waals surface area contributed by atoms with Gasteiger partial charge < -0.3 is 10.6 Å². The van der Waals surface area contributed by atoms with E-state index in [0.29, 0.717) is 0 Å². The molecular weight excluding hydrogens is 272 g/mol. The van der Waals surface area contributed by atoms with Gasteiger partial charge in [0.25, 0.3) is 0 Å². The number of nitrogens with one attached hydrogen (secondary N) is 2. The molecule has 0 radical (unpaired) electrons. The molecule has 0 saturated heterocycles. The molecule has 1 heterocycles. The Morgan fingerprint density at radius 2 is 1.59 bits per heavy atom. The Morgan fingerprint density at radius 3 is 2.27 bits per heavy atom. The quantitative estimate of drug-likeness (QED) is 0.686. The van der Waals surface area contributed by atoms with E-state index in [0.717, 1.165) is 37.0 Å². The maximum Gasteiger partial charge on any atom is 0.131 e. The molecule has 0 unspecified atom stereocenters. The summed E-state index contributed by atoms with van der Waals surface area (Å²) in [4.78, 5) is 8.88. The van der Waals surface area contributed by atoms with Crippen LogP contribution in [0, 0.1) is 6.92 Å². The zero-order valence-corrected chi connectivity index (χ0v) is 13.6. The van der Waals surface area contributed by atoms with Gasteiger partial charge in [-0.15, -0.1) is 0 Å². The fraction of sp³-hybridized carbons (Fsp3) is 0.444. The molecule has 1 aromatic heterocycles. The number of rotatable bonds is 9. The molecule has 0 spiro atoms. The first-order valence-electron chi connectivity index (χ1n) is 8.15. The van der Waals surface area contributed by atoms with E-state index in [4.69, 9.17) is 0 Å². The third kappa shape index (κ3) is 5.72. The average Bonchev–Trinajstić information content (AvgIpc) is 2.52. The number of hydrogen-bond acceptors (Lipinski definition) is 4. The van der Waals surface area contributed by atoms with Gasteiger partial charge in [0.2, 0.25) is 0 Å². The molecule has 0 aliphatic carbocycles. The molecule has 2 N–H and O–H groups in total. The predicted molar refractivity (Wildman–Crippen MR) is 93.4 cm³/mol. The lowest BCUT2D eigenvalue weighted by Crippen LogP contribution is -2.10. The molecular formula is C18H26N4. The first-order chi connectivity index (χ1) is 10.8. The molecule has 22 heavy (non-hydrogen) atoms. The SMILES string of the molecule is CCCCCNc1cc(NCCc2ccccc2)nc(C)n1. The largest absolute Gasteiger partial charge is 0.370 e. The van der Waals surface area contributed by atoms with Crippen molar-refractivity contribution in [3.05, 3.63) is 47.8 Å². The van der Waals surface area contributed by atoms with Gasteiger partial charge in [-0.05, 0) is 25.3 Å². The number of anilines is 2. The van der Waals surface area contributed by atoms with Crippen LogP contribution in [0.5, 0.6) is 0 Å². The van der Waals surface area contributed by atoms with Crippen LogP contribution < -0.4 is 10.6 Å². The van der Waals surface area contributed by atoms with Gasteiger partial charge in [-0.25, -0.2) is 9.97 Å². The standard InChI is InChI=1S/C18H26N4/c1-3-4-8-12-19-17-14-18(22-15(2)21-17)20-13-11-16-9-6-5-7-10-16/h5-7,9-10,14H,3-4,8,11-13H2,1-2H3,(H2,19,20,21,22). The topological polar surface area (TPSA) is 49.8 Å². The number of unbranched alkanes of at least 4 members (excludes halogenated alkanes) is 2. The van der Waals surface area contributed by atoms with Gasteiger partial charge in [0, 0.05) is 19.2 Å². The predicted octanol–water partition coefficient (Wildman–Crippen LogP) is 4.04. The number of aryl methyl sites for hydroxylation is 1. The van der Waals surface area contributed by atoms with Crippen molar-refractivity contribution in [2.24, 2.45) is 0 Å². The van der Waals surface area contributed by atoms with E-state index in [1.54, 1.807) is 0 Å². The third-order valence-corrected chi connectivity index (χ3v) is 3.49. The second-order valence-corrected chi connectivity index (χ2v) is 5.48. The number of hydrogen-bond donors (Lipinski definition) is 2. The van der Waals surface area contributed by atoms with Gasteiger partial charge >= 0.3 is 0 Å². The average molecular weight is 298 g/mol. The summed E-state index contributed by atoms with van der Waals surface area (Å²) in [6.45, 7) is 5.98. The van der Waals surface area contributed by atoms with Crippen LogP contribution in [0.25, 0.3) is 0 Å². The monoisotopic (exact) mass is 298 g/mol. The normalized spacial score (nSPS) is 10.5. The van der Waals surface area contributed by atoms with Crippen LogP contribution in [-0.4, -0.2) is 23.1 Å². The van der Waals surface area contributed by atoms with Crippen molar-refractivity contribution in [1.29, 1.82) is 0 Å². The molecule has 4 heteroatoms. The van der Waals surface area contributed by atoms with E-state index >= 15 is 0 Å². The Labute approximate surface area is 133 Å². The zero-order valence-electron chi connectivity index (χ0n) is 13.6. The molecule has 0 amide bonds. The molecule has 0 bridgehead atoms. The molecule has 2 aromatic rings. The van der Waals surface area contributed by atoms with Crippen molar-refractivity contribution in [1.82, 2.24) is 9.97 Å². The van der Waals surface area contributed by atoms with E-state index in [2.05, 4.69) is 51.8 Å². The van der Waals surface area contributed by atoms with E-state index in [1.807, 2.05) is 19.1 Å². The van der Waals surface area contributed by atoms with Gasteiger partial charge in [-0.3, -0.25) is 0 Å². The number of benzene rings is 1. The second kappa shape index (κ2) is 9.03. The maximum absolute atomic E-state index is 4.45. The summed E-state index contributed by atoms with van der Waals surface area (Å²) >= 11 is 0. The summed E-state index contributed by atoms with van der Waals surface area (Å²) in [6.07, 6.45) is 4.65. The van der Waals surface area contributed by atoms with E-state index < -0.39 is 0 Å². The highest BCUT2D eigenvalue weighted by Gasteiger charge is 2.01. The summed E-state index contributed by atoms with van der Waals surface area (Å²) in [7, 11) is 0. The lowest BCUT2D eigenvalue weighted by atomic mass is 10.1. The maximum atomic E-state index is 4.45. The van der Waals surface area contributed by atoms with E-state index in [9.17, 15) is 0 Å². The van der Waals surface area contributed by atoms with Gasteiger partial charge in [-0.2, -0.15) is 0 Å². The lowest BCUT2D eigenvalue weighted by Gasteiger charge is -2.10. The van der Waals surface area contributed by atoms with Crippen molar-refractivity contribution in [2.45, 2.75) is 39.5 Å². The van der Waals surface area contributed by atoms with Crippen LogP contribution in [0.3, 0.4) is 0 Å². The molecule has 0 fully saturated rings. The van der Waals surface area contributed by atoms with Gasteiger partial charge in [0.05, 0.1) is 0 Å². The molecule has 0 atom stereocenters. The van der Waals surface area contributed by atoms with Crippen LogP contribution in [-0.2, 0) is 6.42 Å². The van der Waals surface area contributed by atoms with Gasteiger partial charge in [0.1, 0.15) is 17.5 Å². The van der Waals surface area contributed by atoms with Crippen molar-refractivity contribution in [2.75, 3.05) is 23.7 Å². The minimum absolute atomic E-state index is 0.794. The number of aromatic nitrogens is 2. The summed E-state index contributed by atoms with van der Waals surface area (Å²) in [6, 6.07) is 12.5.